The van der Waals surface area contributed by atoms with E-state index in [1.807, 2.05) is 13.8 Å². The van der Waals surface area contributed by atoms with Crippen molar-refractivity contribution in [3.63, 3.8) is 0 Å². The van der Waals surface area contributed by atoms with Gasteiger partial charge in [0.2, 0.25) is 5.95 Å². The van der Waals surface area contributed by atoms with Crippen molar-refractivity contribution in [1.29, 1.82) is 0 Å². The number of aryl methyl sites for hydroxylation is 2. The third kappa shape index (κ3) is 4.25. The van der Waals surface area contributed by atoms with E-state index in [9.17, 15) is 14.3 Å². The molecule has 0 amide bonds. The first-order valence-electron chi connectivity index (χ1n) is 9.77. The molecule has 0 fully saturated rings. The molecule has 3 N–H and O–H groups in total. The van der Waals surface area contributed by atoms with E-state index in [-0.39, 0.29) is 17.2 Å². The van der Waals surface area contributed by atoms with Crippen LogP contribution in [0.25, 0.3) is 11.3 Å². The maximum absolute atomic E-state index is 13.9. The van der Waals surface area contributed by atoms with Crippen LogP contribution in [0.15, 0.2) is 53.6 Å². The lowest BCUT2D eigenvalue weighted by atomic mass is 10.1. The summed E-state index contributed by atoms with van der Waals surface area (Å²) >= 11 is 5.74. The SMILES string of the molecule is Cc1n[nH]c(C)c1Nc1nccc(-c2ccn(C(CO)c3ccc(Cl)c(F)c3)c(=O)c2)n1. The standard InChI is InChI=1S/C22H20ClFN6O2/c1-12-21(13(2)29-28-12)27-22-25-7-5-18(26-22)14-6-8-30(20(32)10-14)19(11-31)15-3-4-16(23)17(24)9-15/h3-10,19,31H,11H2,1-2H3,(H,28,29)(H,25,26,27). The summed E-state index contributed by atoms with van der Waals surface area (Å²) in [5.74, 6) is -0.249. The summed E-state index contributed by atoms with van der Waals surface area (Å²) in [6.45, 7) is 3.36. The van der Waals surface area contributed by atoms with Gasteiger partial charge in [0.1, 0.15) is 5.82 Å². The minimum absolute atomic E-state index is 0.0258. The van der Waals surface area contributed by atoms with Crippen LogP contribution in [-0.2, 0) is 0 Å². The summed E-state index contributed by atoms with van der Waals surface area (Å²) < 4.78 is 15.2. The highest BCUT2D eigenvalue weighted by Crippen LogP contribution is 2.24. The molecule has 3 aromatic heterocycles. The fourth-order valence-corrected chi connectivity index (χ4v) is 3.52. The Bertz CT molecular complexity index is 1320. The Morgan fingerprint density at radius 3 is 2.72 bits per heavy atom. The van der Waals surface area contributed by atoms with E-state index in [0.717, 1.165) is 17.1 Å². The maximum atomic E-state index is 13.9. The van der Waals surface area contributed by atoms with Crippen LogP contribution in [0.3, 0.4) is 0 Å². The number of hydrogen-bond acceptors (Lipinski definition) is 6. The van der Waals surface area contributed by atoms with Crippen LogP contribution in [0.4, 0.5) is 16.0 Å². The molecule has 0 aliphatic heterocycles. The molecule has 3 heterocycles. The van der Waals surface area contributed by atoms with Crippen LogP contribution in [-0.4, -0.2) is 36.4 Å². The number of pyridine rings is 1. The van der Waals surface area contributed by atoms with Crippen molar-refractivity contribution in [3.05, 3.63) is 86.9 Å². The first kappa shape index (κ1) is 21.7. The molecule has 4 rings (SSSR count). The number of halogens is 2. The molecule has 0 radical (unpaired) electrons. The number of aliphatic hydroxyl groups excluding tert-OH is 1. The summed E-state index contributed by atoms with van der Waals surface area (Å²) in [6, 6.07) is 8.25. The fraction of sp³-hybridized carbons (Fsp3) is 0.182. The van der Waals surface area contributed by atoms with Crippen LogP contribution >= 0.6 is 11.6 Å². The monoisotopic (exact) mass is 454 g/mol. The van der Waals surface area contributed by atoms with E-state index in [2.05, 4.69) is 25.5 Å². The van der Waals surface area contributed by atoms with E-state index in [1.165, 1.54) is 22.8 Å². The van der Waals surface area contributed by atoms with Gasteiger partial charge in [-0.15, -0.1) is 0 Å². The zero-order valence-electron chi connectivity index (χ0n) is 17.3. The van der Waals surface area contributed by atoms with Gasteiger partial charge in [0.15, 0.2) is 0 Å². The Hall–Kier alpha value is -3.56. The number of hydrogen-bond donors (Lipinski definition) is 3. The summed E-state index contributed by atoms with van der Waals surface area (Å²) in [5, 5.41) is 20.0. The van der Waals surface area contributed by atoms with Crippen molar-refractivity contribution in [1.82, 2.24) is 24.7 Å². The molecule has 1 unspecified atom stereocenters. The Morgan fingerprint density at radius 1 is 1.25 bits per heavy atom. The van der Waals surface area contributed by atoms with Crippen LogP contribution in [0.1, 0.15) is 23.0 Å². The highest BCUT2D eigenvalue weighted by atomic mass is 35.5. The molecule has 8 nitrogen and oxygen atoms in total. The Labute approximate surface area is 187 Å². The second kappa shape index (κ2) is 8.89. The second-order valence-electron chi connectivity index (χ2n) is 7.23. The Kier molecular flexibility index (Phi) is 6.02. The van der Waals surface area contributed by atoms with Gasteiger partial charge in [-0.3, -0.25) is 9.89 Å². The van der Waals surface area contributed by atoms with Crippen molar-refractivity contribution >= 4 is 23.2 Å². The molecular weight excluding hydrogens is 435 g/mol. The zero-order valence-corrected chi connectivity index (χ0v) is 18.1. The van der Waals surface area contributed by atoms with E-state index < -0.39 is 11.9 Å². The molecule has 10 heteroatoms. The average Bonchev–Trinajstić information content (AvgIpc) is 3.10. The lowest BCUT2D eigenvalue weighted by Crippen LogP contribution is -2.27. The fourth-order valence-electron chi connectivity index (χ4n) is 3.41. The topological polar surface area (TPSA) is 109 Å². The zero-order chi connectivity index (χ0) is 22.8. The van der Waals surface area contributed by atoms with Gasteiger partial charge in [0.25, 0.3) is 5.56 Å². The van der Waals surface area contributed by atoms with Crippen molar-refractivity contribution in [2.24, 2.45) is 0 Å². The molecule has 1 atom stereocenters. The molecule has 1 aromatic carbocycles. The Morgan fingerprint density at radius 2 is 2.06 bits per heavy atom. The number of aromatic nitrogens is 5. The third-order valence-corrected chi connectivity index (χ3v) is 5.41. The predicted molar refractivity (Wildman–Crippen MR) is 120 cm³/mol. The average molecular weight is 455 g/mol. The highest BCUT2D eigenvalue weighted by Gasteiger charge is 2.17. The normalized spacial score (nSPS) is 12.0. The third-order valence-electron chi connectivity index (χ3n) is 5.10. The van der Waals surface area contributed by atoms with E-state index in [0.29, 0.717) is 22.8 Å². The number of rotatable bonds is 6. The van der Waals surface area contributed by atoms with Crippen LogP contribution in [0.5, 0.6) is 0 Å². The van der Waals surface area contributed by atoms with E-state index in [1.54, 1.807) is 30.6 Å². The van der Waals surface area contributed by atoms with Gasteiger partial charge < -0.3 is 15.0 Å². The molecular formula is C22H20ClFN6O2. The summed E-state index contributed by atoms with van der Waals surface area (Å²) in [4.78, 5) is 21.6. The molecule has 0 aliphatic rings. The van der Waals surface area contributed by atoms with E-state index in [4.69, 9.17) is 11.6 Å². The number of aromatic amines is 1. The molecule has 0 bridgehead atoms. The number of benzene rings is 1. The van der Waals surface area contributed by atoms with Gasteiger partial charge in [-0.1, -0.05) is 17.7 Å². The lowest BCUT2D eigenvalue weighted by molar-refractivity contribution is 0.247. The van der Waals surface area contributed by atoms with Crippen molar-refractivity contribution in [2.45, 2.75) is 19.9 Å². The summed E-state index contributed by atoms with van der Waals surface area (Å²) in [7, 11) is 0. The molecule has 0 saturated carbocycles. The van der Waals surface area contributed by atoms with Crippen LogP contribution in [0, 0.1) is 19.7 Å². The van der Waals surface area contributed by atoms with Crippen molar-refractivity contribution in [2.75, 3.05) is 11.9 Å². The molecule has 164 valence electrons. The van der Waals surface area contributed by atoms with Gasteiger partial charge in [0.05, 0.1) is 40.4 Å². The van der Waals surface area contributed by atoms with Gasteiger partial charge in [-0.25, -0.2) is 14.4 Å². The predicted octanol–water partition coefficient (Wildman–Crippen LogP) is 3.76. The largest absolute Gasteiger partial charge is 0.394 e. The number of anilines is 2. The molecule has 0 spiro atoms. The second-order valence-corrected chi connectivity index (χ2v) is 7.64. The van der Waals surface area contributed by atoms with Gasteiger partial charge in [0, 0.05) is 24.0 Å². The molecule has 0 aliphatic carbocycles. The smallest absolute Gasteiger partial charge is 0.251 e. The minimum Gasteiger partial charge on any atom is -0.394 e. The first-order chi connectivity index (χ1) is 15.4. The summed E-state index contributed by atoms with van der Waals surface area (Å²) in [6.07, 6.45) is 3.14. The molecule has 32 heavy (non-hydrogen) atoms. The number of H-pyrrole nitrogens is 1. The van der Waals surface area contributed by atoms with Gasteiger partial charge in [-0.2, -0.15) is 5.10 Å². The quantitative estimate of drug-likeness (QED) is 0.409. The number of nitrogens with one attached hydrogen (secondary N) is 2. The highest BCUT2D eigenvalue weighted by molar-refractivity contribution is 6.30. The van der Waals surface area contributed by atoms with Gasteiger partial charge in [-0.05, 0) is 43.7 Å². The minimum atomic E-state index is -0.752. The Balaban J connectivity index is 1.64. The van der Waals surface area contributed by atoms with Crippen LogP contribution < -0.4 is 10.9 Å². The lowest BCUT2D eigenvalue weighted by Gasteiger charge is -2.18. The molecule has 4 aromatic rings. The van der Waals surface area contributed by atoms with Crippen LogP contribution in [0.2, 0.25) is 5.02 Å². The van der Waals surface area contributed by atoms with Crippen molar-refractivity contribution < 1.29 is 9.50 Å². The molecule has 0 saturated heterocycles. The number of aliphatic hydroxyl groups is 1. The van der Waals surface area contributed by atoms with Gasteiger partial charge >= 0.3 is 0 Å². The first-order valence-corrected chi connectivity index (χ1v) is 10.1. The number of nitrogens with zero attached hydrogens (tertiary/aromatic N) is 4. The van der Waals surface area contributed by atoms with Crippen molar-refractivity contribution in [3.8, 4) is 11.3 Å². The summed E-state index contributed by atoms with van der Waals surface area (Å²) in [5.41, 5.74) is 3.62. The van der Waals surface area contributed by atoms with E-state index >= 15 is 0 Å². The maximum Gasteiger partial charge on any atom is 0.251 e.